The number of aromatic nitrogens is 3. The van der Waals surface area contributed by atoms with Crippen molar-refractivity contribution in [1.29, 1.82) is 0 Å². The molecule has 0 atom stereocenters. The topological polar surface area (TPSA) is 65.3 Å². The maximum Gasteiger partial charge on any atom is 0.350 e. The van der Waals surface area contributed by atoms with E-state index in [2.05, 4.69) is 5.10 Å². The van der Waals surface area contributed by atoms with E-state index >= 15 is 0 Å². The minimum atomic E-state index is -0.0974. The van der Waals surface area contributed by atoms with E-state index in [1.54, 1.807) is 10.6 Å². The third kappa shape index (κ3) is 1.92. The lowest BCUT2D eigenvalue weighted by Gasteiger charge is -2.12. The van der Waals surface area contributed by atoms with Gasteiger partial charge >= 0.3 is 5.69 Å². The Morgan fingerprint density at radius 3 is 2.89 bits per heavy atom. The van der Waals surface area contributed by atoms with E-state index in [9.17, 15) is 4.79 Å². The molecule has 0 radical (unpaired) electrons. The normalized spacial score (nSPS) is 16.9. The highest BCUT2D eigenvalue weighted by Crippen LogP contribution is 2.49. The van der Waals surface area contributed by atoms with Gasteiger partial charge in [0.2, 0.25) is 0 Å². The summed E-state index contributed by atoms with van der Waals surface area (Å²) < 4.78 is 3.08. The van der Waals surface area contributed by atoms with Crippen LogP contribution in [0, 0.1) is 5.41 Å². The Morgan fingerprint density at radius 2 is 2.28 bits per heavy atom. The minimum Gasteiger partial charge on any atom is -0.393 e. The van der Waals surface area contributed by atoms with E-state index < -0.39 is 0 Å². The van der Waals surface area contributed by atoms with Gasteiger partial charge in [-0.05, 0) is 30.4 Å². The largest absolute Gasteiger partial charge is 0.393 e. The predicted molar refractivity (Wildman–Crippen MR) is 72.5 cm³/mol. The molecule has 3 rings (SSSR count). The number of thiocarbonyl (C=S) groups is 1. The highest BCUT2D eigenvalue weighted by atomic mass is 32.1. The zero-order valence-electron chi connectivity index (χ0n) is 9.87. The summed E-state index contributed by atoms with van der Waals surface area (Å²) >= 11 is 4.96. The molecule has 18 heavy (non-hydrogen) atoms. The lowest BCUT2D eigenvalue weighted by Crippen LogP contribution is -2.27. The number of fused-ring (bicyclic) bond motifs is 1. The average molecular weight is 262 g/mol. The van der Waals surface area contributed by atoms with Crippen molar-refractivity contribution in [3.05, 3.63) is 34.9 Å². The fourth-order valence-corrected chi connectivity index (χ4v) is 2.63. The zero-order valence-corrected chi connectivity index (χ0v) is 10.7. The van der Waals surface area contributed by atoms with Crippen LogP contribution in [0.25, 0.3) is 5.65 Å². The summed E-state index contributed by atoms with van der Waals surface area (Å²) in [6.45, 7) is 0.602. The van der Waals surface area contributed by atoms with Crippen molar-refractivity contribution < 1.29 is 0 Å². The van der Waals surface area contributed by atoms with Crippen LogP contribution < -0.4 is 11.4 Å². The Hall–Kier alpha value is -1.69. The second-order valence-corrected chi connectivity index (χ2v) is 5.54. The molecule has 0 spiro atoms. The first-order valence-electron chi connectivity index (χ1n) is 5.92. The summed E-state index contributed by atoms with van der Waals surface area (Å²) in [6.07, 6.45) is 4.55. The third-order valence-electron chi connectivity index (χ3n) is 3.48. The molecule has 6 heteroatoms. The summed E-state index contributed by atoms with van der Waals surface area (Å²) in [5, 5.41) is 4.33. The van der Waals surface area contributed by atoms with Crippen molar-refractivity contribution in [2.75, 3.05) is 0 Å². The van der Waals surface area contributed by atoms with Crippen molar-refractivity contribution in [3.8, 4) is 0 Å². The smallest absolute Gasteiger partial charge is 0.350 e. The molecule has 2 aromatic heterocycles. The molecule has 2 aromatic rings. The van der Waals surface area contributed by atoms with Gasteiger partial charge in [0, 0.05) is 12.6 Å². The average Bonchev–Trinajstić information content (AvgIpc) is 2.99. The lowest BCUT2D eigenvalue weighted by atomic mass is 10.0. The summed E-state index contributed by atoms with van der Waals surface area (Å²) in [7, 11) is 0. The summed E-state index contributed by atoms with van der Waals surface area (Å²) in [5.74, 6) is 0. The van der Waals surface area contributed by atoms with E-state index in [4.69, 9.17) is 18.0 Å². The molecule has 1 fully saturated rings. The van der Waals surface area contributed by atoms with Gasteiger partial charge in [-0.2, -0.15) is 0 Å². The molecular weight excluding hydrogens is 248 g/mol. The lowest BCUT2D eigenvalue weighted by molar-refractivity contribution is 0.402. The van der Waals surface area contributed by atoms with Gasteiger partial charge in [0.15, 0.2) is 5.65 Å². The van der Waals surface area contributed by atoms with Crippen molar-refractivity contribution in [2.24, 2.45) is 11.1 Å². The number of nitrogens with zero attached hydrogens (tertiary/aromatic N) is 3. The number of nitrogens with two attached hydrogens (primary N) is 1. The van der Waals surface area contributed by atoms with Crippen molar-refractivity contribution in [3.63, 3.8) is 0 Å². The van der Waals surface area contributed by atoms with Crippen LogP contribution in [0.4, 0.5) is 0 Å². The Labute approximate surface area is 109 Å². The number of rotatable bonds is 4. The molecule has 5 nitrogen and oxygen atoms in total. The van der Waals surface area contributed by atoms with Crippen LogP contribution in [-0.4, -0.2) is 19.2 Å². The van der Waals surface area contributed by atoms with Crippen molar-refractivity contribution in [2.45, 2.75) is 25.8 Å². The van der Waals surface area contributed by atoms with Gasteiger partial charge in [-0.25, -0.2) is 9.48 Å². The van der Waals surface area contributed by atoms with E-state index in [0.717, 1.165) is 12.8 Å². The molecule has 1 saturated carbocycles. The molecule has 1 aliphatic carbocycles. The first-order valence-corrected chi connectivity index (χ1v) is 6.33. The van der Waals surface area contributed by atoms with Crippen LogP contribution in [0.5, 0.6) is 0 Å². The molecular formula is C12H14N4OS. The van der Waals surface area contributed by atoms with Crippen molar-refractivity contribution >= 4 is 22.9 Å². The Morgan fingerprint density at radius 1 is 1.50 bits per heavy atom. The molecule has 0 saturated heterocycles. The first-order chi connectivity index (χ1) is 8.60. The van der Waals surface area contributed by atoms with Gasteiger partial charge < -0.3 is 5.73 Å². The highest BCUT2D eigenvalue weighted by molar-refractivity contribution is 7.80. The SMILES string of the molecule is NC(=S)CC1(Cn2nc3ccccn3c2=O)CC1. The Bertz CT molecular complexity index is 668. The van der Waals surface area contributed by atoms with Gasteiger partial charge in [-0.3, -0.25) is 4.40 Å². The fourth-order valence-electron chi connectivity index (χ4n) is 2.33. The third-order valence-corrected chi connectivity index (χ3v) is 3.62. The zero-order chi connectivity index (χ0) is 12.8. The maximum atomic E-state index is 12.1. The second kappa shape index (κ2) is 3.91. The quantitative estimate of drug-likeness (QED) is 0.833. The predicted octanol–water partition coefficient (Wildman–Crippen LogP) is 0.952. The minimum absolute atomic E-state index is 0.0631. The Kier molecular flexibility index (Phi) is 2.48. The number of hydrogen-bond donors (Lipinski definition) is 1. The molecule has 0 aliphatic heterocycles. The van der Waals surface area contributed by atoms with Crippen LogP contribution >= 0.6 is 12.2 Å². The highest BCUT2D eigenvalue weighted by Gasteiger charge is 2.44. The molecule has 0 aromatic carbocycles. The first kappa shape index (κ1) is 11.4. The summed E-state index contributed by atoms with van der Waals surface area (Å²) in [6, 6.07) is 5.52. The Balaban J connectivity index is 1.94. The molecule has 0 amide bonds. The van der Waals surface area contributed by atoms with Gasteiger partial charge in [0.1, 0.15) is 0 Å². The van der Waals surface area contributed by atoms with Crippen LogP contribution in [0.1, 0.15) is 19.3 Å². The molecule has 2 N–H and O–H groups in total. The summed E-state index contributed by atoms with van der Waals surface area (Å²) in [5.41, 5.74) is 6.24. The maximum absolute atomic E-state index is 12.1. The van der Waals surface area contributed by atoms with Crippen LogP contribution in [0.3, 0.4) is 0 Å². The monoisotopic (exact) mass is 262 g/mol. The van der Waals surface area contributed by atoms with E-state index in [-0.39, 0.29) is 11.1 Å². The standard InChI is InChI=1S/C12H14N4OS/c13-9(18)7-12(4-5-12)8-16-11(17)15-6-2-1-3-10(15)14-16/h1-3,6H,4-5,7-8H2,(H2,13,18). The van der Waals surface area contributed by atoms with Gasteiger partial charge in [0.05, 0.1) is 11.5 Å². The van der Waals surface area contributed by atoms with E-state index in [1.165, 1.54) is 4.68 Å². The fraction of sp³-hybridized carbons (Fsp3) is 0.417. The summed E-state index contributed by atoms with van der Waals surface area (Å²) in [4.78, 5) is 12.6. The van der Waals surface area contributed by atoms with Crippen LogP contribution in [-0.2, 0) is 6.54 Å². The van der Waals surface area contributed by atoms with Crippen LogP contribution in [0.2, 0.25) is 0 Å². The van der Waals surface area contributed by atoms with Gasteiger partial charge in [-0.15, -0.1) is 5.10 Å². The van der Waals surface area contributed by atoms with Crippen molar-refractivity contribution in [1.82, 2.24) is 14.2 Å². The van der Waals surface area contributed by atoms with E-state index in [0.29, 0.717) is 23.6 Å². The molecule has 1 aliphatic rings. The van der Waals surface area contributed by atoms with Gasteiger partial charge in [0.25, 0.3) is 0 Å². The van der Waals surface area contributed by atoms with Crippen LogP contribution in [0.15, 0.2) is 29.2 Å². The van der Waals surface area contributed by atoms with Gasteiger partial charge in [-0.1, -0.05) is 18.3 Å². The second-order valence-electron chi connectivity index (χ2n) is 5.01. The molecule has 0 unspecified atom stereocenters. The molecule has 0 bridgehead atoms. The number of hydrogen-bond acceptors (Lipinski definition) is 3. The molecule has 2 heterocycles. The van der Waals surface area contributed by atoms with E-state index in [1.807, 2.05) is 18.2 Å². The molecule has 94 valence electrons. The number of pyridine rings is 1.